The predicted molar refractivity (Wildman–Crippen MR) is 74.9 cm³/mol. The van der Waals surface area contributed by atoms with E-state index in [4.69, 9.17) is 0 Å². The number of imidazole rings is 1. The van der Waals surface area contributed by atoms with E-state index in [0.717, 1.165) is 22.9 Å². The summed E-state index contributed by atoms with van der Waals surface area (Å²) >= 11 is 0. The smallest absolute Gasteiger partial charge is 0.342 e. The van der Waals surface area contributed by atoms with Crippen molar-refractivity contribution in [2.75, 3.05) is 0 Å². The molecule has 0 aliphatic carbocycles. The van der Waals surface area contributed by atoms with Crippen molar-refractivity contribution >= 4 is 11.0 Å². The number of hydrogen-bond acceptors (Lipinski definition) is 1. The van der Waals surface area contributed by atoms with E-state index >= 15 is 0 Å². The number of H-pyrrole nitrogens is 1. The molecule has 1 heterocycles. The van der Waals surface area contributed by atoms with Gasteiger partial charge in [0, 0.05) is 6.42 Å². The number of nitrogens with zero attached hydrogens (tertiary/aromatic N) is 1. The Bertz CT molecular complexity index is 726. The molecular weight excluding hydrogens is 277 g/mol. The van der Waals surface area contributed by atoms with Crippen LogP contribution < -0.4 is 0 Å². The molecule has 0 saturated heterocycles. The van der Waals surface area contributed by atoms with Gasteiger partial charge in [-0.25, -0.2) is 4.98 Å². The first-order valence-electron chi connectivity index (χ1n) is 6.62. The molecule has 21 heavy (non-hydrogen) atoms. The van der Waals surface area contributed by atoms with Gasteiger partial charge in [0.05, 0.1) is 16.6 Å². The summed E-state index contributed by atoms with van der Waals surface area (Å²) in [4.78, 5) is 7.60. The van der Waals surface area contributed by atoms with E-state index < -0.39 is 11.7 Å². The summed E-state index contributed by atoms with van der Waals surface area (Å²) in [6, 6.07) is 13.1. The maximum Gasteiger partial charge on any atom is 0.416 e. The third kappa shape index (κ3) is 3.07. The van der Waals surface area contributed by atoms with Crippen LogP contribution in [0, 0.1) is 0 Å². The molecule has 2 aromatic carbocycles. The molecule has 0 unspecified atom stereocenters. The largest absolute Gasteiger partial charge is 0.416 e. The fourth-order valence-corrected chi connectivity index (χ4v) is 2.29. The molecule has 0 aliphatic heterocycles. The molecule has 1 aromatic heterocycles. The average Bonchev–Trinajstić information content (AvgIpc) is 2.87. The molecule has 0 amide bonds. The number of alkyl halides is 3. The second kappa shape index (κ2) is 5.24. The van der Waals surface area contributed by atoms with Crippen molar-refractivity contribution < 1.29 is 13.2 Å². The van der Waals surface area contributed by atoms with E-state index in [1.54, 1.807) is 6.07 Å². The average molecular weight is 290 g/mol. The summed E-state index contributed by atoms with van der Waals surface area (Å²) in [6.07, 6.45) is -3.20. The number of rotatable bonds is 3. The summed E-state index contributed by atoms with van der Waals surface area (Å²) in [5.74, 6) is 0.786. The number of aryl methyl sites for hydroxylation is 2. The summed E-state index contributed by atoms with van der Waals surface area (Å²) in [5, 5.41) is 0. The van der Waals surface area contributed by atoms with Crippen LogP contribution in [-0.4, -0.2) is 9.97 Å². The Morgan fingerprint density at radius 3 is 2.52 bits per heavy atom. The number of benzene rings is 2. The summed E-state index contributed by atoms with van der Waals surface area (Å²) in [6.45, 7) is 0. The Kier molecular flexibility index (Phi) is 3.41. The standard InChI is InChI=1S/C16H13F3N2/c17-16(18,19)12-5-3-4-11(10-12)8-9-15-20-13-6-1-2-7-14(13)21-15/h1-7,10H,8-9H2,(H,20,21). The van der Waals surface area contributed by atoms with Gasteiger partial charge in [0.1, 0.15) is 5.82 Å². The number of para-hydroxylation sites is 2. The lowest BCUT2D eigenvalue weighted by Crippen LogP contribution is -2.05. The Morgan fingerprint density at radius 2 is 1.76 bits per heavy atom. The molecule has 3 rings (SSSR count). The zero-order chi connectivity index (χ0) is 14.9. The molecule has 0 atom stereocenters. The van der Waals surface area contributed by atoms with Gasteiger partial charge in [-0.15, -0.1) is 0 Å². The molecule has 5 heteroatoms. The highest BCUT2D eigenvalue weighted by atomic mass is 19.4. The van der Waals surface area contributed by atoms with E-state index in [1.807, 2.05) is 24.3 Å². The monoisotopic (exact) mass is 290 g/mol. The van der Waals surface area contributed by atoms with Gasteiger partial charge in [0.25, 0.3) is 0 Å². The first-order chi connectivity index (χ1) is 10.0. The van der Waals surface area contributed by atoms with Crippen molar-refractivity contribution in [3.63, 3.8) is 0 Å². The minimum Gasteiger partial charge on any atom is -0.342 e. The van der Waals surface area contributed by atoms with E-state index in [1.165, 1.54) is 12.1 Å². The van der Waals surface area contributed by atoms with E-state index in [0.29, 0.717) is 18.4 Å². The highest BCUT2D eigenvalue weighted by molar-refractivity contribution is 5.74. The number of aromatic amines is 1. The molecule has 3 aromatic rings. The number of fused-ring (bicyclic) bond motifs is 1. The first kappa shape index (κ1) is 13.7. The van der Waals surface area contributed by atoms with Crippen molar-refractivity contribution in [3.8, 4) is 0 Å². The van der Waals surface area contributed by atoms with E-state index in [-0.39, 0.29) is 0 Å². The summed E-state index contributed by atoms with van der Waals surface area (Å²) in [5.41, 5.74) is 1.86. The Balaban J connectivity index is 1.75. The highest BCUT2D eigenvalue weighted by Gasteiger charge is 2.30. The topological polar surface area (TPSA) is 28.7 Å². The van der Waals surface area contributed by atoms with Crippen LogP contribution in [0.4, 0.5) is 13.2 Å². The predicted octanol–water partition coefficient (Wildman–Crippen LogP) is 4.37. The lowest BCUT2D eigenvalue weighted by atomic mass is 10.1. The molecule has 0 spiro atoms. The van der Waals surface area contributed by atoms with Crippen molar-refractivity contribution in [2.24, 2.45) is 0 Å². The highest BCUT2D eigenvalue weighted by Crippen LogP contribution is 2.29. The molecule has 2 nitrogen and oxygen atoms in total. The Labute approximate surface area is 119 Å². The molecule has 108 valence electrons. The zero-order valence-electron chi connectivity index (χ0n) is 11.1. The first-order valence-corrected chi connectivity index (χ1v) is 6.62. The van der Waals surface area contributed by atoms with Crippen LogP contribution in [0.25, 0.3) is 11.0 Å². The van der Waals surface area contributed by atoms with Gasteiger partial charge < -0.3 is 4.98 Å². The third-order valence-corrected chi connectivity index (χ3v) is 3.34. The normalized spacial score (nSPS) is 12.0. The molecule has 0 radical (unpaired) electrons. The minimum absolute atomic E-state index is 0.518. The molecule has 0 bridgehead atoms. The number of hydrogen-bond donors (Lipinski definition) is 1. The van der Waals surface area contributed by atoms with Gasteiger partial charge >= 0.3 is 6.18 Å². The quantitative estimate of drug-likeness (QED) is 0.762. The third-order valence-electron chi connectivity index (χ3n) is 3.34. The van der Waals surface area contributed by atoms with Gasteiger partial charge in [-0.3, -0.25) is 0 Å². The maximum atomic E-state index is 12.7. The second-order valence-electron chi connectivity index (χ2n) is 4.90. The van der Waals surface area contributed by atoms with E-state index in [2.05, 4.69) is 9.97 Å². The number of aromatic nitrogens is 2. The van der Waals surface area contributed by atoms with Crippen molar-refractivity contribution in [3.05, 3.63) is 65.5 Å². The lowest BCUT2D eigenvalue weighted by molar-refractivity contribution is -0.137. The van der Waals surface area contributed by atoms with Crippen molar-refractivity contribution in [1.29, 1.82) is 0 Å². The Hall–Kier alpha value is -2.30. The molecular formula is C16H13F3N2. The molecule has 0 aliphatic rings. The SMILES string of the molecule is FC(F)(F)c1cccc(CCc2nc3ccccc3[nH]2)c1. The fraction of sp³-hybridized carbons (Fsp3) is 0.188. The van der Waals surface area contributed by atoms with Crippen LogP contribution in [-0.2, 0) is 19.0 Å². The van der Waals surface area contributed by atoms with Gasteiger partial charge in [-0.05, 0) is 30.2 Å². The van der Waals surface area contributed by atoms with Gasteiger partial charge in [-0.2, -0.15) is 13.2 Å². The number of nitrogens with one attached hydrogen (secondary N) is 1. The minimum atomic E-state index is -4.30. The molecule has 0 fully saturated rings. The maximum absolute atomic E-state index is 12.7. The molecule has 1 N–H and O–H groups in total. The van der Waals surface area contributed by atoms with Gasteiger partial charge in [-0.1, -0.05) is 30.3 Å². The van der Waals surface area contributed by atoms with Crippen LogP contribution >= 0.6 is 0 Å². The van der Waals surface area contributed by atoms with Crippen molar-refractivity contribution in [1.82, 2.24) is 9.97 Å². The van der Waals surface area contributed by atoms with Crippen LogP contribution in [0.1, 0.15) is 17.0 Å². The van der Waals surface area contributed by atoms with Gasteiger partial charge in [0.2, 0.25) is 0 Å². The lowest BCUT2D eigenvalue weighted by Gasteiger charge is -2.08. The van der Waals surface area contributed by atoms with Crippen LogP contribution in [0.15, 0.2) is 48.5 Å². The molecule has 0 saturated carbocycles. The number of halogens is 3. The summed E-state index contributed by atoms with van der Waals surface area (Å²) < 4.78 is 38.0. The van der Waals surface area contributed by atoms with Gasteiger partial charge in [0.15, 0.2) is 0 Å². The Morgan fingerprint density at radius 1 is 0.952 bits per heavy atom. The van der Waals surface area contributed by atoms with E-state index in [9.17, 15) is 13.2 Å². The van der Waals surface area contributed by atoms with Crippen molar-refractivity contribution in [2.45, 2.75) is 19.0 Å². The van der Waals surface area contributed by atoms with Crippen LogP contribution in [0.5, 0.6) is 0 Å². The zero-order valence-corrected chi connectivity index (χ0v) is 11.1. The van der Waals surface area contributed by atoms with Crippen LogP contribution in [0.2, 0.25) is 0 Å². The second-order valence-corrected chi connectivity index (χ2v) is 4.90. The van der Waals surface area contributed by atoms with Crippen LogP contribution in [0.3, 0.4) is 0 Å². The fourth-order valence-electron chi connectivity index (χ4n) is 2.29. The summed E-state index contributed by atoms with van der Waals surface area (Å²) in [7, 11) is 0.